The summed E-state index contributed by atoms with van der Waals surface area (Å²) >= 11 is 0. The van der Waals surface area contributed by atoms with Gasteiger partial charge in [-0.25, -0.2) is 9.18 Å². The monoisotopic (exact) mass is 227 g/mol. The van der Waals surface area contributed by atoms with Gasteiger partial charge >= 0.3 is 5.97 Å². The first kappa shape index (κ1) is 12.4. The lowest BCUT2D eigenvalue weighted by Crippen LogP contribution is -2.18. The van der Waals surface area contributed by atoms with Crippen LogP contribution >= 0.6 is 0 Å². The Hall–Kier alpha value is -1.62. The third-order valence-electron chi connectivity index (χ3n) is 2.20. The summed E-state index contributed by atoms with van der Waals surface area (Å²) in [5.41, 5.74) is 0.205. The van der Waals surface area contributed by atoms with Crippen LogP contribution in [0.15, 0.2) is 18.2 Å². The molecule has 0 aliphatic rings. The van der Waals surface area contributed by atoms with Crippen molar-refractivity contribution >= 4 is 11.7 Å². The number of methoxy groups -OCH3 is 1. The van der Waals surface area contributed by atoms with Crippen molar-refractivity contribution < 1.29 is 19.0 Å². The second kappa shape index (κ2) is 5.46. The second-order valence-electron chi connectivity index (χ2n) is 3.43. The van der Waals surface area contributed by atoms with Crippen LogP contribution in [0.5, 0.6) is 0 Å². The van der Waals surface area contributed by atoms with Gasteiger partial charge in [0.05, 0.1) is 17.4 Å². The Labute approximate surface area is 93.0 Å². The molecule has 2 N–H and O–H groups in total. The van der Waals surface area contributed by atoms with E-state index in [9.17, 15) is 9.18 Å². The van der Waals surface area contributed by atoms with Gasteiger partial charge in [0.2, 0.25) is 0 Å². The second-order valence-corrected chi connectivity index (χ2v) is 3.43. The number of benzene rings is 1. The average molecular weight is 227 g/mol. The first-order valence-electron chi connectivity index (χ1n) is 4.84. The number of aromatic carboxylic acids is 1. The van der Waals surface area contributed by atoms with Gasteiger partial charge < -0.3 is 15.2 Å². The summed E-state index contributed by atoms with van der Waals surface area (Å²) in [5, 5.41) is 11.5. The molecule has 88 valence electrons. The van der Waals surface area contributed by atoms with Gasteiger partial charge in [-0.3, -0.25) is 0 Å². The molecule has 1 atom stereocenters. The van der Waals surface area contributed by atoms with Crippen molar-refractivity contribution in [3.05, 3.63) is 29.6 Å². The summed E-state index contributed by atoms with van der Waals surface area (Å²) < 4.78 is 18.4. The molecule has 0 fully saturated rings. The first-order valence-corrected chi connectivity index (χ1v) is 4.84. The van der Waals surface area contributed by atoms with Crippen LogP contribution in [-0.2, 0) is 4.74 Å². The number of nitrogens with one attached hydrogen (secondary N) is 1. The molecule has 16 heavy (non-hydrogen) atoms. The lowest BCUT2D eigenvalue weighted by molar-refractivity contribution is 0.0696. The number of carboxylic acid groups (broad SMARTS) is 1. The fraction of sp³-hybridized carbons (Fsp3) is 0.364. The van der Waals surface area contributed by atoms with E-state index in [1.807, 2.05) is 6.92 Å². The minimum absolute atomic E-state index is 0.0430. The lowest BCUT2D eigenvalue weighted by Gasteiger charge is -2.12. The van der Waals surface area contributed by atoms with E-state index < -0.39 is 11.8 Å². The Morgan fingerprint density at radius 3 is 2.81 bits per heavy atom. The van der Waals surface area contributed by atoms with Gasteiger partial charge in [-0.2, -0.15) is 0 Å². The Balaban J connectivity index is 2.72. The minimum atomic E-state index is -1.14. The first-order chi connectivity index (χ1) is 7.54. The van der Waals surface area contributed by atoms with Crippen LogP contribution in [0.25, 0.3) is 0 Å². The molecule has 1 rings (SSSR count). The van der Waals surface area contributed by atoms with Crippen LogP contribution in [0.2, 0.25) is 0 Å². The van der Waals surface area contributed by atoms with E-state index in [-0.39, 0.29) is 17.4 Å². The zero-order valence-corrected chi connectivity index (χ0v) is 9.16. The van der Waals surface area contributed by atoms with Crippen LogP contribution in [0.1, 0.15) is 17.3 Å². The van der Waals surface area contributed by atoms with Crippen molar-refractivity contribution in [2.75, 3.05) is 19.0 Å². The number of carbonyl (C=O) groups is 1. The number of anilines is 1. The molecule has 4 nitrogen and oxygen atoms in total. The number of carboxylic acids is 1. The number of ether oxygens (including phenoxy) is 1. The van der Waals surface area contributed by atoms with Crippen molar-refractivity contribution in [2.45, 2.75) is 13.0 Å². The van der Waals surface area contributed by atoms with E-state index in [0.717, 1.165) is 6.07 Å². The number of hydrogen-bond donors (Lipinski definition) is 2. The van der Waals surface area contributed by atoms with E-state index in [0.29, 0.717) is 6.54 Å². The van der Waals surface area contributed by atoms with E-state index in [4.69, 9.17) is 9.84 Å². The molecule has 0 spiro atoms. The van der Waals surface area contributed by atoms with Gasteiger partial charge in [0, 0.05) is 13.7 Å². The Morgan fingerprint density at radius 1 is 1.62 bits per heavy atom. The molecule has 0 saturated carbocycles. The third-order valence-corrected chi connectivity index (χ3v) is 2.20. The molecular weight excluding hydrogens is 213 g/mol. The Morgan fingerprint density at radius 2 is 2.31 bits per heavy atom. The molecule has 0 saturated heterocycles. The largest absolute Gasteiger partial charge is 0.478 e. The van der Waals surface area contributed by atoms with Gasteiger partial charge in [-0.1, -0.05) is 0 Å². The molecule has 0 radical (unpaired) electrons. The summed E-state index contributed by atoms with van der Waals surface area (Å²) in [7, 11) is 1.57. The molecule has 1 aromatic rings. The number of halogens is 1. The van der Waals surface area contributed by atoms with Gasteiger partial charge in [0.25, 0.3) is 0 Å². The van der Waals surface area contributed by atoms with Crippen LogP contribution < -0.4 is 5.32 Å². The number of hydrogen-bond acceptors (Lipinski definition) is 3. The van der Waals surface area contributed by atoms with E-state index in [1.165, 1.54) is 12.1 Å². The third kappa shape index (κ3) is 3.20. The fourth-order valence-electron chi connectivity index (χ4n) is 1.13. The maximum Gasteiger partial charge on any atom is 0.335 e. The highest BCUT2D eigenvalue weighted by molar-refractivity contribution is 5.88. The molecule has 0 heterocycles. The Bertz CT molecular complexity index is 381. The maximum atomic E-state index is 13.4. The predicted octanol–water partition coefficient (Wildman–Crippen LogP) is 1.97. The topological polar surface area (TPSA) is 58.6 Å². The highest BCUT2D eigenvalue weighted by Gasteiger charge is 2.08. The van der Waals surface area contributed by atoms with Gasteiger partial charge in [-0.15, -0.1) is 0 Å². The predicted molar refractivity (Wildman–Crippen MR) is 58.3 cm³/mol. The highest BCUT2D eigenvalue weighted by Crippen LogP contribution is 2.15. The summed E-state index contributed by atoms with van der Waals surface area (Å²) in [6.07, 6.45) is -0.0430. The van der Waals surface area contributed by atoms with Crippen molar-refractivity contribution in [1.29, 1.82) is 0 Å². The van der Waals surface area contributed by atoms with Crippen LogP contribution in [0, 0.1) is 5.82 Å². The zero-order chi connectivity index (χ0) is 12.1. The smallest absolute Gasteiger partial charge is 0.335 e. The summed E-state index contributed by atoms with van der Waals surface area (Å²) in [6.45, 7) is 2.30. The highest BCUT2D eigenvalue weighted by atomic mass is 19.1. The summed E-state index contributed by atoms with van der Waals surface area (Å²) in [5.74, 6) is -1.72. The minimum Gasteiger partial charge on any atom is -0.478 e. The fourth-order valence-corrected chi connectivity index (χ4v) is 1.13. The van der Waals surface area contributed by atoms with Crippen LogP contribution in [0.4, 0.5) is 10.1 Å². The normalized spacial score (nSPS) is 12.2. The number of rotatable bonds is 5. The summed E-state index contributed by atoms with van der Waals surface area (Å²) in [4.78, 5) is 10.6. The molecule has 1 aromatic carbocycles. The lowest BCUT2D eigenvalue weighted by atomic mass is 10.2. The zero-order valence-electron chi connectivity index (χ0n) is 9.16. The van der Waals surface area contributed by atoms with E-state index in [1.54, 1.807) is 7.11 Å². The Kier molecular flexibility index (Phi) is 4.25. The molecule has 5 heteroatoms. The molecular formula is C11H14FNO3. The molecule has 1 unspecified atom stereocenters. The molecule has 0 amide bonds. The SMILES string of the molecule is COC(C)CNc1ccc(C(=O)O)cc1F. The van der Waals surface area contributed by atoms with Gasteiger partial charge in [0.15, 0.2) is 0 Å². The molecule has 0 aliphatic heterocycles. The van der Waals surface area contributed by atoms with E-state index >= 15 is 0 Å². The van der Waals surface area contributed by atoms with Crippen molar-refractivity contribution in [1.82, 2.24) is 0 Å². The molecule has 0 bridgehead atoms. The standard InChI is InChI=1S/C11H14FNO3/c1-7(16-2)6-13-10-4-3-8(11(14)15)5-9(10)12/h3-5,7,13H,6H2,1-2H3,(H,14,15). The maximum absolute atomic E-state index is 13.4. The van der Waals surface area contributed by atoms with Gasteiger partial charge in [-0.05, 0) is 25.1 Å². The van der Waals surface area contributed by atoms with Crippen LogP contribution in [-0.4, -0.2) is 30.8 Å². The van der Waals surface area contributed by atoms with Crippen molar-refractivity contribution in [3.63, 3.8) is 0 Å². The quantitative estimate of drug-likeness (QED) is 0.807. The molecule has 0 aromatic heterocycles. The molecule has 0 aliphatic carbocycles. The van der Waals surface area contributed by atoms with Crippen molar-refractivity contribution in [2.24, 2.45) is 0 Å². The average Bonchev–Trinajstić information content (AvgIpc) is 2.26. The van der Waals surface area contributed by atoms with Gasteiger partial charge in [0.1, 0.15) is 5.82 Å². The van der Waals surface area contributed by atoms with Crippen molar-refractivity contribution in [3.8, 4) is 0 Å². The van der Waals surface area contributed by atoms with Crippen LogP contribution in [0.3, 0.4) is 0 Å². The summed E-state index contributed by atoms with van der Waals surface area (Å²) in [6, 6.07) is 3.74. The van der Waals surface area contributed by atoms with E-state index in [2.05, 4.69) is 5.32 Å².